The number of carbonyl (C=O) groups excluding carboxylic acids is 3. The first kappa shape index (κ1) is 44.4. The molecule has 1 unspecified atom stereocenters. The zero-order valence-corrected chi connectivity index (χ0v) is 38.6. The molecule has 1 aliphatic carbocycles. The molecule has 18 heteroatoms. The van der Waals surface area contributed by atoms with E-state index in [1.807, 2.05) is 35.9 Å². The van der Waals surface area contributed by atoms with E-state index in [1.54, 1.807) is 11.3 Å². The number of carbonyl (C=O) groups is 3. The Labute approximate surface area is 380 Å². The number of amides is 3. The number of H-pyrrole nitrogens is 2. The summed E-state index contributed by atoms with van der Waals surface area (Å²) < 4.78 is 36.0. The van der Waals surface area contributed by atoms with Crippen LogP contribution < -0.4 is 10.6 Å². The van der Waals surface area contributed by atoms with Gasteiger partial charge in [-0.1, -0.05) is 56.3 Å². The van der Waals surface area contributed by atoms with Gasteiger partial charge in [0.25, 0.3) is 0 Å². The van der Waals surface area contributed by atoms with Crippen LogP contribution in [0.5, 0.6) is 0 Å². The summed E-state index contributed by atoms with van der Waals surface area (Å²) >= 11 is 1.72. The minimum absolute atomic E-state index is 0.0342. The lowest BCUT2D eigenvalue weighted by atomic mass is 9.97. The Hall–Kier alpha value is -5.82. The van der Waals surface area contributed by atoms with Crippen molar-refractivity contribution in [3.05, 3.63) is 84.6 Å². The molecule has 0 spiro atoms. The van der Waals surface area contributed by atoms with E-state index >= 15 is 0 Å². The number of likely N-dealkylation sites (tertiary alicyclic amines) is 2. The molecule has 2 aliphatic heterocycles. The molecule has 1 saturated carbocycles. The van der Waals surface area contributed by atoms with E-state index in [1.165, 1.54) is 14.2 Å². The van der Waals surface area contributed by atoms with Gasteiger partial charge in [0.1, 0.15) is 33.8 Å². The largest absolute Gasteiger partial charge is 0.453 e. The number of sulfone groups is 1. The molecule has 65 heavy (non-hydrogen) atoms. The molecule has 3 aromatic heterocycles. The normalized spacial score (nSPS) is 21.4. The first-order chi connectivity index (χ1) is 31.1. The molecule has 7 atom stereocenters. The van der Waals surface area contributed by atoms with Crippen molar-refractivity contribution in [2.24, 2.45) is 11.8 Å². The number of piperidine rings is 1. The quantitative estimate of drug-likeness (QED) is 0.0731. The fourth-order valence-corrected chi connectivity index (χ4v) is 12.0. The Balaban J connectivity index is 0.952. The highest BCUT2D eigenvalue weighted by Gasteiger charge is 2.51. The van der Waals surface area contributed by atoms with Crippen LogP contribution in [0, 0.1) is 11.8 Å². The van der Waals surface area contributed by atoms with Gasteiger partial charge in [-0.15, -0.1) is 11.3 Å². The minimum atomic E-state index is -3.39. The summed E-state index contributed by atoms with van der Waals surface area (Å²) in [5.74, 6) is 0.888. The predicted molar refractivity (Wildman–Crippen MR) is 250 cm³/mol. The third-order valence-electron chi connectivity index (χ3n) is 13.4. The van der Waals surface area contributed by atoms with E-state index in [9.17, 15) is 27.9 Å². The van der Waals surface area contributed by atoms with Gasteiger partial charge in [-0.25, -0.2) is 28.0 Å². The summed E-state index contributed by atoms with van der Waals surface area (Å²) in [7, 11) is -0.872. The van der Waals surface area contributed by atoms with Crippen LogP contribution in [0.4, 0.5) is 9.59 Å². The number of ether oxygens (including phenoxy) is 2. The zero-order chi connectivity index (χ0) is 45.9. The van der Waals surface area contributed by atoms with Gasteiger partial charge in [-0.05, 0) is 79.3 Å². The van der Waals surface area contributed by atoms with Crippen LogP contribution >= 0.6 is 11.3 Å². The molecule has 5 heterocycles. The van der Waals surface area contributed by atoms with E-state index in [2.05, 4.69) is 75.7 Å². The van der Waals surface area contributed by atoms with E-state index in [0.717, 1.165) is 84.7 Å². The molecule has 3 amide bonds. The second-order valence-corrected chi connectivity index (χ2v) is 21.3. The molecule has 5 N–H and O–H groups in total. The van der Waals surface area contributed by atoms with Crippen molar-refractivity contribution in [1.82, 2.24) is 40.4 Å². The summed E-state index contributed by atoms with van der Waals surface area (Å²) in [5, 5.41) is 19.2. The number of imidazole rings is 2. The molecular weight excluding hydrogens is 869 g/mol. The maximum Gasteiger partial charge on any atom is 0.407 e. The van der Waals surface area contributed by atoms with Crippen LogP contribution in [0.15, 0.2) is 72.9 Å². The topological polar surface area (TPSA) is 212 Å². The van der Waals surface area contributed by atoms with E-state index in [-0.39, 0.29) is 48.0 Å². The van der Waals surface area contributed by atoms with Gasteiger partial charge in [0, 0.05) is 44.6 Å². The summed E-state index contributed by atoms with van der Waals surface area (Å²) in [6.07, 6.45) is 3.77. The molecule has 342 valence electrons. The molecule has 2 saturated heterocycles. The zero-order valence-electron chi connectivity index (χ0n) is 37.0. The Morgan fingerprint density at radius 3 is 2.32 bits per heavy atom. The number of aliphatic hydroxyl groups excluding tert-OH is 1. The van der Waals surface area contributed by atoms with Crippen LogP contribution in [0.2, 0.25) is 0 Å². The fraction of sp³-hybridized carbons (Fsp3) is 0.426. The fourth-order valence-electron chi connectivity index (χ4n) is 10.1. The molecular formula is C47H54N8O8S2. The molecule has 6 aromatic rings. The minimum Gasteiger partial charge on any atom is -0.453 e. The highest BCUT2D eigenvalue weighted by Crippen LogP contribution is 2.50. The SMILES string of the molecule is C=C1CCN(C(O)[C@@H](NC(=O)OC)C(C)C)[C@@H]1c1ncc(-c2ccc3c(c2)sc2cc(-c4ccc5nc([C@@H]6[C@H]7CC[C@H](C7)N6C(=O)[C@H](CCS(C)(=O)=O)NC(=O)OC)[nH]c5c4)ccc23)[nH]1. The van der Waals surface area contributed by atoms with Crippen LogP contribution in [-0.2, 0) is 24.1 Å². The number of aromatic amines is 2. The monoisotopic (exact) mass is 922 g/mol. The van der Waals surface area contributed by atoms with Crippen molar-refractivity contribution >= 4 is 70.5 Å². The number of hydrogen-bond donors (Lipinski definition) is 5. The number of aliphatic hydroxyl groups is 1. The molecule has 3 aromatic carbocycles. The van der Waals surface area contributed by atoms with Gasteiger partial charge >= 0.3 is 12.2 Å². The average molecular weight is 923 g/mol. The number of aromatic nitrogens is 4. The smallest absolute Gasteiger partial charge is 0.407 e. The molecule has 9 rings (SSSR count). The number of rotatable bonds is 13. The van der Waals surface area contributed by atoms with Crippen molar-refractivity contribution < 1.29 is 37.4 Å². The average Bonchev–Trinajstić information content (AvgIpc) is 4.16. The molecule has 16 nitrogen and oxygen atoms in total. The van der Waals surface area contributed by atoms with Crippen LogP contribution in [-0.4, -0.2) is 118 Å². The highest BCUT2D eigenvalue weighted by atomic mass is 32.2. The Morgan fingerprint density at radius 2 is 1.62 bits per heavy atom. The number of alkyl carbamates (subject to hydrolysis) is 2. The van der Waals surface area contributed by atoms with Crippen molar-refractivity contribution in [3.8, 4) is 22.4 Å². The summed E-state index contributed by atoms with van der Waals surface area (Å²) in [5.41, 5.74) is 6.42. The van der Waals surface area contributed by atoms with Crippen LogP contribution in [0.1, 0.15) is 69.7 Å². The van der Waals surface area contributed by atoms with E-state index in [4.69, 9.17) is 19.4 Å². The first-order valence-electron chi connectivity index (χ1n) is 21.9. The van der Waals surface area contributed by atoms with Crippen molar-refractivity contribution in [1.29, 1.82) is 0 Å². The summed E-state index contributed by atoms with van der Waals surface area (Å²) in [6.45, 7) is 8.76. The number of hydrogen-bond acceptors (Lipinski definition) is 12. The molecule has 0 radical (unpaired) electrons. The third kappa shape index (κ3) is 8.59. The maximum atomic E-state index is 14.2. The van der Waals surface area contributed by atoms with E-state index in [0.29, 0.717) is 24.6 Å². The van der Waals surface area contributed by atoms with Crippen LogP contribution in [0.3, 0.4) is 0 Å². The first-order valence-corrected chi connectivity index (χ1v) is 24.8. The summed E-state index contributed by atoms with van der Waals surface area (Å²) in [4.78, 5) is 59.1. The van der Waals surface area contributed by atoms with Crippen molar-refractivity contribution in [3.63, 3.8) is 0 Å². The predicted octanol–water partition coefficient (Wildman–Crippen LogP) is 7.20. The van der Waals surface area contributed by atoms with Gasteiger partial charge in [0.05, 0.1) is 61.0 Å². The number of thiophene rings is 1. The van der Waals surface area contributed by atoms with E-state index < -0.39 is 40.3 Å². The second kappa shape index (κ2) is 17.5. The Kier molecular flexibility index (Phi) is 12.0. The van der Waals surface area contributed by atoms with Gasteiger partial charge in [-0.3, -0.25) is 9.69 Å². The Morgan fingerprint density at radius 1 is 0.938 bits per heavy atom. The number of methoxy groups -OCH3 is 2. The lowest BCUT2D eigenvalue weighted by Crippen LogP contribution is -2.54. The van der Waals surface area contributed by atoms with Crippen LogP contribution in [0.25, 0.3) is 53.6 Å². The number of nitrogens with zero attached hydrogens (tertiary/aromatic N) is 4. The van der Waals surface area contributed by atoms with Gasteiger partial charge in [-0.2, -0.15) is 0 Å². The molecule has 3 fully saturated rings. The lowest BCUT2D eigenvalue weighted by molar-refractivity contribution is -0.138. The Bertz CT molecular complexity index is 2940. The standard InChI is InChI=1S/C47H54N8O8S2/c1-24(2)39(53-47(59)63-5)45(57)54-17-15-25(3)40(54)42-48-23-36(51-42)28-9-13-32-31-12-8-27(21-37(31)64-38(32)22-28)26-10-14-33-35(20-26)50-43(49-33)41-29-7-11-30(19-29)55(41)44(56)34(52-46(58)62-4)16-18-65(6,60)61/h8-10,12-14,20-24,29-30,34,39-41,45,57H,3,7,11,15-19H2,1-2,4-6H3,(H,48,51)(H,49,50)(H,52,58)(H,53,59)/t29-,30+,34-,39-,40-,41-,45?/m0/s1. The van der Waals surface area contributed by atoms with Gasteiger partial charge in [0.2, 0.25) is 5.91 Å². The second-order valence-electron chi connectivity index (χ2n) is 18.0. The highest BCUT2D eigenvalue weighted by molar-refractivity contribution is 7.90. The maximum absolute atomic E-state index is 14.2. The van der Waals surface area contributed by atoms with Crippen molar-refractivity contribution in [2.45, 2.75) is 82.4 Å². The third-order valence-corrected chi connectivity index (χ3v) is 15.5. The number of nitrogens with one attached hydrogen (secondary N) is 4. The lowest BCUT2D eigenvalue weighted by Gasteiger charge is -2.36. The number of fused-ring (bicyclic) bond motifs is 6. The van der Waals surface area contributed by atoms with Crippen molar-refractivity contribution in [2.75, 3.05) is 32.8 Å². The van der Waals surface area contributed by atoms with Gasteiger partial charge < -0.3 is 40.1 Å². The van der Waals surface area contributed by atoms with Gasteiger partial charge in [0.15, 0.2) is 0 Å². The molecule has 2 bridgehead atoms. The molecule has 3 aliphatic rings. The number of benzene rings is 3. The summed E-state index contributed by atoms with van der Waals surface area (Å²) in [6, 6.07) is 16.7.